The van der Waals surface area contributed by atoms with Crippen molar-refractivity contribution in [3.05, 3.63) is 29.3 Å². The molecular formula is C14H20ClNOS. The lowest BCUT2D eigenvalue weighted by molar-refractivity contribution is 0.179. The number of ether oxygens (including phenoxy) is 1. The highest BCUT2D eigenvalue weighted by Crippen LogP contribution is 2.26. The highest BCUT2D eigenvalue weighted by molar-refractivity contribution is 7.99. The normalized spacial score (nSPS) is 21.1. The van der Waals surface area contributed by atoms with Gasteiger partial charge in [-0.1, -0.05) is 24.6 Å². The quantitative estimate of drug-likeness (QED) is 0.809. The van der Waals surface area contributed by atoms with Gasteiger partial charge in [-0.15, -0.1) is 11.8 Å². The van der Waals surface area contributed by atoms with E-state index in [1.54, 1.807) is 0 Å². The molecule has 0 radical (unpaired) electrons. The fourth-order valence-corrected chi connectivity index (χ4v) is 3.64. The number of hydrogen-bond donors (Lipinski definition) is 1. The Labute approximate surface area is 118 Å². The molecule has 1 N–H and O–H groups in total. The maximum absolute atomic E-state index is 6.00. The lowest BCUT2D eigenvalue weighted by atomic mass is 10.0. The molecule has 1 aromatic carbocycles. The molecule has 100 valence electrons. The molecule has 0 bridgehead atoms. The highest BCUT2D eigenvalue weighted by Gasteiger charge is 2.24. The third-order valence-electron chi connectivity index (χ3n) is 3.23. The fourth-order valence-electron chi connectivity index (χ4n) is 2.24. The van der Waals surface area contributed by atoms with Gasteiger partial charge in [0.05, 0.1) is 6.61 Å². The van der Waals surface area contributed by atoms with E-state index in [0.29, 0.717) is 12.0 Å². The SMILES string of the molecule is CCNC(CSc1cccc(Cl)c1)C1CCOC1. The Morgan fingerprint density at radius 1 is 1.56 bits per heavy atom. The van der Waals surface area contributed by atoms with Crippen molar-refractivity contribution in [2.75, 3.05) is 25.5 Å². The van der Waals surface area contributed by atoms with E-state index in [9.17, 15) is 0 Å². The molecule has 1 saturated heterocycles. The molecule has 0 spiro atoms. The number of benzene rings is 1. The average Bonchev–Trinajstić information content (AvgIpc) is 2.88. The van der Waals surface area contributed by atoms with E-state index in [4.69, 9.17) is 16.3 Å². The van der Waals surface area contributed by atoms with Crippen molar-refractivity contribution in [1.82, 2.24) is 5.32 Å². The second-order valence-corrected chi connectivity index (χ2v) is 6.09. The second-order valence-electron chi connectivity index (χ2n) is 4.56. The van der Waals surface area contributed by atoms with Gasteiger partial charge in [-0.05, 0) is 31.2 Å². The first-order valence-electron chi connectivity index (χ1n) is 6.49. The van der Waals surface area contributed by atoms with Crippen molar-refractivity contribution in [1.29, 1.82) is 0 Å². The van der Waals surface area contributed by atoms with Gasteiger partial charge in [0.25, 0.3) is 0 Å². The molecule has 1 aromatic rings. The van der Waals surface area contributed by atoms with Crippen LogP contribution in [0.3, 0.4) is 0 Å². The minimum atomic E-state index is 0.529. The summed E-state index contributed by atoms with van der Waals surface area (Å²) < 4.78 is 5.49. The van der Waals surface area contributed by atoms with Crippen LogP contribution in [0.5, 0.6) is 0 Å². The fraction of sp³-hybridized carbons (Fsp3) is 0.571. The van der Waals surface area contributed by atoms with Crippen LogP contribution in [0.2, 0.25) is 5.02 Å². The molecule has 2 rings (SSSR count). The standard InChI is InChI=1S/C14H20ClNOS/c1-2-16-14(11-6-7-17-9-11)10-18-13-5-3-4-12(15)8-13/h3-5,8,11,14,16H,2,6-7,9-10H2,1H3. The minimum Gasteiger partial charge on any atom is -0.381 e. The molecule has 1 fully saturated rings. The van der Waals surface area contributed by atoms with Crippen LogP contribution in [0.25, 0.3) is 0 Å². The van der Waals surface area contributed by atoms with Crippen molar-refractivity contribution >= 4 is 23.4 Å². The topological polar surface area (TPSA) is 21.3 Å². The molecule has 0 aromatic heterocycles. The van der Waals surface area contributed by atoms with Gasteiger partial charge >= 0.3 is 0 Å². The van der Waals surface area contributed by atoms with Crippen LogP contribution in [0.1, 0.15) is 13.3 Å². The summed E-state index contributed by atoms with van der Waals surface area (Å²) in [6.07, 6.45) is 1.17. The molecule has 18 heavy (non-hydrogen) atoms. The Morgan fingerprint density at radius 2 is 2.44 bits per heavy atom. The molecule has 2 unspecified atom stereocenters. The van der Waals surface area contributed by atoms with Crippen LogP contribution >= 0.6 is 23.4 Å². The summed E-state index contributed by atoms with van der Waals surface area (Å²) in [7, 11) is 0. The second kappa shape index (κ2) is 7.39. The predicted molar refractivity (Wildman–Crippen MR) is 78.6 cm³/mol. The molecule has 1 aliphatic rings. The van der Waals surface area contributed by atoms with Crippen LogP contribution in [0, 0.1) is 5.92 Å². The van der Waals surface area contributed by atoms with Crippen LogP contribution in [0.15, 0.2) is 29.2 Å². The van der Waals surface area contributed by atoms with E-state index in [1.165, 1.54) is 11.3 Å². The van der Waals surface area contributed by atoms with E-state index < -0.39 is 0 Å². The Morgan fingerprint density at radius 3 is 3.11 bits per heavy atom. The summed E-state index contributed by atoms with van der Waals surface area (Å²) in [6, 6.07) is 8.59. The van der Waals surface area contributed by atoms with Crippen LogP contribution in [-0.4, -0.2) is 31.6 Å². The van der Waals surface area contributed by atoms with Gasteiger partial charge < -0.3 is 10.1 Å². The van der Waals surface area contributed by atoms with Crippen molar-refractivity contribution in [2.45, 2.75) is 24.3 Å². The van der Waals surface area contributed by atoms with Crippen molar-refractivity contribution < 1.29 is 4.74 Å². The zero-order valence-corrected chi connectivity index (χ0v) is 12.3. The molecule has 4 heteroatoms. The van der Waals surface area contributed by atoms with Crippen molar-refractivity contribution in [2.24, 2.45) is 5.92 Å². The summed E-state index contributed by atoms with van der Waals surface area (Å²) >= 11 is 7.87. The molecule has 2 nitrogen and oxygen atoms in total. The largest absolute Gasteiger partial charge is 0.381 e. The molecule has 0 saturated carbocycles. The van der Waals surface area contributed by atoms with Crippen LogP contribution < -0.4 is 5.32 Å². The molecule has 0 aliphatic carbocycles. The lowest BCUT2D eigenvalue weighted by Gasteiger charge is -2.22. The third kappa shape index (κ3) is 4.16. The van der Waals surface area contributed by atoms with Gasteiger partial charge in [-0.3, -0.25) is 0 Å². The summed E-state index contributed by atoms with van der Waals surface area (Å²) in [5.41, 5.74) is 0. The summed E-state index contributed by atoms with van der Waals surface area (Å²) in [5.74, 6) is 1.72. The van der Waals surface area contributed by atoms with Gasteiger partial charge in [-0.2, -0.15) is 0 Å². The average molecular weight is 286 g/mol. The lowest BCUT2D eigenvalue weighted by Crippen LogP contribution is -2.38. The monoisotopic (exact) mass is 285 g/mol. The van der Waals surface area contributed by atoms with Crippen molar-refractivity contribution in [3.63, 3.8) is 0 Å². The van der Waals surface area contributed by atoms with Crippen LogP contribution in [-0.2, 0) is 4.74 Å². The Kier molecular flexibility index (Phi) is 5.83. The molecule has 2 atom stereocenters. The number of thioether (sulfide) groups is 1. The van der Waals surface area contributed by atoms with Gasteiger partial charge in [-0.25, -0.2) is 0 Å². The van der Waals surface area contributed by atoms with Gasteiger partial charge in [0, 0.05) is 34.2 Å². The van der Waals surface area contributed by atoms with E-state index in [0.717, 1.165) is 30.5 Å². The third-order valence-corrected chi connectivity index (χ3v) is 4.57. The van der Waals surface area contributed by atoms with E-state index in [2.05, 4.69) is 18.3 Å². The first-order chi connectivity index (χ1) is 8.79. The van der Waals surface area contributed by atoms with Gasteiger partial charge in [0.1, 0.15) is 0 Å². The zero-order valence-electron chi connectivity index (χ0n) is 10.7. The number of rotatable bonds is 6. The van der Waals surface area contributed by atoms with E-state index in [-0.39, 0.29) is 0 Å². The molecular weight excluding hydrogens is 266 g/mol. The maximum atomic E-state index is 6.00. The number of halogens is 1. The van der Waals surface area contributed by atoms with Gasteiger partial charge in [0.2, 0.25) is 0 Å². The minimum absolute atomic E-state index is 0.529. The van der Waals surface area contributed by atoms with E-state index in [1.807, 2.05) is 30.0 Å². The van der Waals surface area contributed by atoms with Crippen molar-refractivity contribution in [3.8, 4) is 0 Å². The first kappa shape index (κ1) is 14.2. The zero-order chi connectivity index (χ0) is 12.8. The summed E-state index contributed by atoms with van der Waals surface area (Å²) in [4.78, 5) is 1.24. The molecule has 1 aliphatic heterocycles. The number of hydrogen-bond acceptors (Lipinski definition) is 3. The number of nitrogens with one attached hydrogen (secondary N) is 1. The predicted octanol–water partition coefficient (Wildman–Crippen LogP) is 3.45. The summed E-state index contributed by atoms with van der Waals surface area (Å²) in [5, 5.41) is 4.39. The Hall–Kier alpha value is -0.220. The van der Waals surface area contributed by atoms with Gasteiger partial charge in [0.15, 0.2) is 0 Å². The Balaban J connectivity index is 1.88. The summed E-state index contributed by atoms with van der Waals surface area (Å²) in [6.45, 7) is 4.98. The maximum Gasteiger partial charge on any atom is 0.0510 e. The molecule has 1 heterocycles. The van der Waals surface area contributed by atoms with E-state index >= 15 is 0 Å². The Bertz CT molecular complexity index is 369. The smallest absolute Gasteiger partial charge is 0.0510 e. The highest BCUT2D eigenvalue weighted by atomic mass is 35.5. The van der Waals surface area contributed by atoms with Crippen LogP contribution in [0.4, 0.5) is 0 Å². The molecule has 0 amide bonds. The first-order valence-corrected chi connectivity index (χ1v) is 7.85.